The van der Waals surface area contributed by atoms with E-state index in [-0.39, 0.29) is 18.7 Å². The summed E-state index contributed by atoms with van der Waals surface area (Å²) in [4.78, 5) is 23.3. The monoisotopic (exact) mass is 369 g/mol. The molecule has 1 aliphatic heterocycles. The first-order chi connectivity index (χ1) is 11.9. The molecule has 6 nitrogen and oxygen atoms in total. The Hall–Kier alpha value is -1.79. The number of halogens is 1. The van der Waals surface area contributed by atoms with Gasteiger partial charge in [0.05, 0.1) is 18.6 Å². The number of nitrogens with one attached hydrogen (secondary N) is 1. The van der Waals surface area contributed by atoms with Crippen molar-refractivity contribution in [1.82, 2.24) is 5.32 Å². The van der Waals surface area contributed by atoms with E-state index >= 15 is 0 Å². The number of carbonyl (C=O) groups is 2. The lowest BCUT2D eigenvalue weighted by Crippen LogP contribution is -2.53. The molecule has 0 saturated carbocycles. The van der Waals surface area contributed by atoms with Gasteiger partial charge in [-0.15, -0.1) is 0 Å². The van der Waals surface area contributed by atoms with E-state index in [0.29, 0.717) is 49.9 Å². The average Bonchev–Trinajstić information content (AvgIpc) is 2.54. The molecule has 1 saturated heterocycles. The summed E-state index contributed by atoms with van der Waals surface area (Å²) < 4.78 is 10.9. The van der Waals surface area contributed by atoms with Gasteiger partial charge in [-0.05, 0) is 49.9 Å². The summed E-state index contributed by atoms with van der Waals surface area (Å²) in [5, 5.41) is 12.7. The number of aryl methyl sites for hydroxylation is 1. The van der Waals surface area contributed by atoms with Crippen LogP contribution in [0, 0.1) is 6.92 Å². The van der Waals surface area contributed by atoms with E-state index in [1.54, 1.807) is 12.1 Å². The molecule has 0 spiro atoms. The van der Waals surface area contributed by atoms with E-state index in [2.05, 4.69) is 5.32 Å². The third-order valence-corrected chi connectivity index (χ3v) is 4.71. The molecule has 0 radical (unpaired) electrons. The van der Waals surface area contributed by atoms with E-state index in [0.717, 1.165) is 5.56 Å². The van der Waals surface area contributed by atoms with Crippen LogP contribution in [0.3, 0.4) is 0 Å². The summed E-state index contributed by atoms with van der Waals surface area (Å²) >= 11 is 5.97. The van der Waals surface area contributed by atoms with Crippen molar-refractivity contribution in [3.05, 3.63) is 28.8 Å². The Kier molecular flexibility index (Phi) is 7.08. The first kappa shape index (κ1) is 19.5. The molecule has 1 amide bonds. The predicted octanol–water partition coefficient (Wildman–Crippen LogP) is 2.95. The Labute approximate surface area is 152 Å². The summed E-state index contributed by atoms with van der Waals surface area (Å²) in [5.41, 5.74) is 0.238. The number of aliphatic carboxylic acids is 1. The largest absolute Gasteiger partial charge is 0.494 e. The van der Waals surface area contributed by atoms with Crippen molar-refractivity contribution >= 4 is 23.5 Å². The molecule has 2 N–H and O–H groups in total. The molecule has 1 aromatic rings. The van der Waals surface area contributed by atoms with E-state index in [1.807, 2.05) is 13.0 Å². The molecular weight excluding hydrogens is 346 g/mol. The summed E-state index contributed by atoms with van der Waals surface area (Å²) in [5.74, 6) is -0.350. The number of hydrogen-bond donors (Lipinski definition) is 2. The maximum Gasteiger partial charge on any atom is 0.305 e. The van der Waals surface area contributed by atoms with Crippen LogP contribution in [0.2, 0.25) is 5.02 Å². The van der Waals surface area contributed by atoms with Crippen molar-refractivity contribution in [1.29, 1.82) is 0 Å². The number of carbonyl (C=O) groups excluding carboxylic acids is 1. The highest BCUT2D eigenvalue weighted by Crippen LogP contribution is 2.25. The molecule has 0 unspecified atom stereocenters. The normalized spacial score (nSPS) is 16.2. The van der Waals surface area contributed by atoms with Gasteiger partial charge in [0.2, 0.25) is 5.91 Å². The van der Waals surface area contributed by atoms with Crippen molar-refractivity contribution in [3.63, 3.8) is 0 Å². The topological polar surface area (TPSA) is 84.9 Å². The Morgan fingerprint density at radius 2 is 2.08 bits per heavy atom. The second kappa shape index (κ2) is 9.06. The van der Waals surface area contributed by atoms with Gasteiger partial charge < -0.3 is 19.9 Å². The SMILES string of the molecule is Cc1cc(OCCCC(=O)NC2(CC(=O)O)CCOCC2)ccc1Cl. The summed E-state index contributed by atoms with van der Waals surface area (Å²) in [6.07, 6.45) is 1.79. The van der Waals surface area contributed by atoms with Gasteiger partial charge in [-0.3, -0.25) is 9.59 Å². The van der Waals surface area contributed by atoms with Crippen LogP contribution in [0.5, 0.6) is 5.75 Å². The first-order valence-corrected chi connectivity index (χ1v) is 8.77. The van der Waals surface area contributed by atoms with Crippen molar-refractivity contribution in [2.75, 3.05) is 19.8 Å². The standard InChI is InChI=1S/C18H24ClNO5/c1-13-11-14(4-5-15(13)19)25-8-2-3-16(21)20-18(12-17(22)23)6-9-24-10-7-18/h4-5,11H,2-3,6-10,12H2,1H3,(H,20,21)(H,22,23). The van der Waals surface area contributed by atoms with Crippen LogP contribution >= 0.6 is 11.6 Å². The summed E-state index contributed by atoms with van der Waals surface area (Å²) in [6, 6.07) is 5.42. The van der Waals surface area contributed by atoms with Crippen LogP contribution in [0.25, 0.3) is 0 Å². The third-order valence-electron chi connectivity index (χ3n) is 4.29. The Bertz CT molecular complexity index is 613. The molecule has 2 rings (SSSR count). The van der Waals surface area contributed by atoms with Gasteiger partial charge in [0.15, 0.2) is 0 Å². The number of rotatable bonds is 8. The summed E-state index contributed by atoms with van der Waals surface area (Å²) in [7, 11) is 0. The lowest BCUT2D eigenvalue weighted by molar-refractivity contribution is -0.140. The minimum Gasteiger partial charge on any atom is -0.494 e. The van der Waals surface area contributed by atoms with Gasteiger partial charge >= 0.3 is 5.97 Å². The molecule has 138 valence electrons. The van der Waals surface area contributed by atoms with Gasteiger partial charge in [0.1, 0.15) is 5.75 Å². The summed E-state index contributed by atoms with van der Waals surface area (Å²) in [6.45, 7) is 3.24. The zero-order chi connectivity index (χ0) is 18.3. The molecule has 0 aromatic heterocycles. The van der Waals surface area contributed by atoms with Crippen molar-refractivity contribution in [2.45, 2.75) is 44.6 Å². The lowest BCUT2D eigenvalue weighted by Gasteiger charge is -2.36. The van der Waals surface area contributed by atoms with Gasteiger partial charge in [-0.1, -0.05) is 11.6 Å². The quantitative estimate of drug-likeness (QED) is 0.688. The third kappa shape index (κ3) is 6.21. The van der Waals surface area contributed by atoms with Crippen molar-refractivity contribution in [3.8, 4) is 5.75 Å². The highest BCUT2D eigenvalue weighted by molar-refractivity contribution is 6.31. The van der Waals surface area contributed by atoms with Crippen molar-refractivity contribution in [2.24, 2.45) is 0 Å². The smallest absolute Gasteiger partial charge is 0.305 e. The maximum absolute atomic E-state index is 12.2. The van der Waals surface area contributed by atoms with Crippen LogP contribution in [0.15, 0.2) is 18.2 Å². The van der Waals surface area contributed by atoms with Crippen LogP contribution in [-0.4, -0.2) is 42.3 Å². The highest BCUT2D eigenvalue weighted by atomic mass is 35.5. The van der Waals surface area contributed by atoms with Crippen LogP contribution < -0.4 is 10.1 Å². The fourth-order valence-electron chi connectivity index (χ4n) is 2.89. The van der Waals surface area contributed by atoms with E-state index in [9.17, 15) is 9.59 Å². The van der Waals surface area contributed by atoms with Gasteiger partial charge in [-0.25, -0.2) is 0 Å². The number of ether oxygens (including phenoxy) is 2. The molecule has 1 heterocycles. The minimum atomic E-state index is -0.913. The molecular formula is C18H24ClNO5. The van der Waals surface area contributed by atoms with Crippen LogP contribution in [0.4, 0.5) is 0 Å². The molecule has 1 fully saturated rings. The second-order valence-corrected chi connectivity index (χ2v) is 6.78. The molecule has 0 aliphatic carbocycles. The van der Waals surface area contributed by atoms with Crippen LogP contribution in [0.1, 0.15) is 37.7 Å². The second-order valence-electron chi connectivity index (χ2n) is 6.37. The molecule has 7 heteroatoms. The Morgan fingerprint density at radius 1 is 1.36 bits per heavy atom. The maximum atomic E-state index is 12.2. The highest BCUT2D eigenvalue weighted by Gasteiger charge is 2.36. The fourth-order valence-corrected chi connectivity index (χ4v) is 3.00. The lowest BCUT2D eigenvalue weighted by atomic mass is 9.86. The van der Waals surface area contributed by atoms with E-state index < -0.39 is 11.5 Å². The fraction of sp³-hybridized carbons (Fsp3) is 0.556. The molecule has 0 bridgehead atoms. The van der Waals surface area contributed by atoms with Gasteiger partial charge in [0.25, 0.3) is 0 Å². The minimum absolute atomic E-state index is 0.0807. The van der Waals surface area contributed by atoms with Gasteiger partial charge in [0, 0.05) is 24.7 Å². The van der Waals surface area contributed by atoms with E-state index in [4.69, 9.17) is 26.2 Å². The average molecular weight is 370 g/mol. The zero-order valence-electron chi connectivity index (χ0n) is 14.3. The number of hydrogen-bond acceptors (Lipinski definition) is 4. The number of benzene rings is 1. The molecule has 25 heavy (non-hydrogen) atoms. The van der Waals surface area contributed by atoms with Crippen LogP contribution in [-0.2, 0) is 14.3 Å². The number of carboxylic acid groups (broad SMARTS) is 1. The Balaban J connectivity index is 1.76. The number of amides is 1. The Morgan fingerprint density at radius 3 is 2.72 bits per heavy atom. The van der Waals surface area contributed by atoms with Gasteiger partial charge in [-0.2, -0.15) is 0 Å². The zero-order valence-corrected chi connectivity index (χ0v) is 15.1. The molecule has 1 aromatic carbocycles. The molecule has 0 atom stereocenters. The predicted molar refractivity (Wildman–Crippen MR) is 94.1 cm³/mol. The van der Waals surface area contributed by atoms with E-state index in [1.165, 1.54) is 0 Å². The number of carboxylic acids is 1. The molecule has 1 aliphatic rings. The first-order valence-electron chi connectivity index (χ1n) is 8.40. The van der Waals surface area contributed by atoms with Crippen molar-refractivity contribution < 1.29 is 24.2 Å².